The van der Waals surface area contributed by atoms with Crippen LogP contribution in [0.5, 0.6) is 0 Å². The maximum atomic E-state index is 12.0. The summed E-state index contributed by atoms with van der Waals surface area (Å²) in [6.45, 7) is 9.45. The number of amides is 1. The van der Waals surface area contributed by atoms with Gasteiger partial charge in [0, 0.05) is 51.3 Å². The lowest BCUT2D eigenvalue weighted by Gasteiger charge is -2.19. The SMILES string of the molecule is CCNC(=NCCCCc1ccc([N+](=O)[O-])cc1)NCCC(=O)N(CC)CC.I. The summed E-state index contributed by atoms with van der Waals surface area (Å²) in [5, 5.41) is 17.1. The van der Waals surface area contributed by atoms with Crippen molar-refractivity contribution >= 4 is 41.5 Å². The van der Waals surface area contributed by atoms with Gasteiger partial charge in [-0.15, -0.1) is 24.0 Å². The second-order valence-corrected chi connectivity index (χ2v) is 6.38. The molecule has 2 N–H and O–H groups in total. The van der Waals surface area contributed by atoms with Gasteiger partial charge in [0.25, 0.3) is 5.69 Å². The first-order chi connectivity index (χ1) is 13.5. The van der Waals surface area contributed by atoms with Crippen molar-refractivity contribution in [3.05, 3.63) is 39.9 Å². The number of nitrogens with zero attached hydrogens (tertiary/aromatic N) is 3. The Morgan fingerprint density at radius 2 is 1.76 bits per heavy atom. The van der Waals surface area contributed by atoms with Crippen molar-refractivity contribution in [3.8, 4) is 0 Å². The van der Waals surface area contributed by atoms with Gasteiger partial charge < -0.3 is 15.5 Å². The Labute approximate surface area is 190 Å². The molecule has 1 aromatic rings. The van der Waals surface area contributed by atoms with Crippen LogP contribution in [0.25, 0.3) is 0 Å². The second kappa shape index (κ2) is 15.9. The van der Waals surface area contributed by atoms with Gasteiger partial charge >= 0.3 is 0 Å². The highest BCUT2D eigenvalue weighted by Gasteiger charge is 2.09. The lowest BCUT2D eigenvalue weighted by atomic mass is 10.1. The lowest BCUT2D eigenvalue weighted by Crippen LogP contribution is -2.40. The zero-order valence-electron chi connectivity index (χ0n) is 17.6. The number of halogens is 1. The van der Waals surface area contributed by atoms with E-state index in [9.17, 15) is 14.9 Å². The molecule has 0 aliphatic heterocycles. The van der Waals surface area contributed by atoms with Crippen LogP contribution in [0.1, 0.15) is 45.6 Å². The summed E-state index contributed by atoms with van der Waals surface area (Å²) >= 11 is 0. The van der Waals surface area contributed by atoms with Gasteiger partial charge in [-0.2, -0.15) is 0 Å². The van der Waals surface area contributed by atoms with E-state index in [2.05, 4.69) is 15.6 Å². The summed E-state index contributed by atoms with van der Waals surface area (Å²) in [5.41, 5.74) is 1.21. The molecule has 0 bridgehead atoms. The first-order valence-electron chi connectivity index (χ1n) is 10.0. The van der Waals surface area contributed by atoms with Gasteiger partial charge in [-0.25, -0.2) is 0 Å². The molecule has 164 valence electrons. The quantitative estimate of drug-likeness (QED) is 0.110. The number of carbonyl (C=O) groups excluding carboxylic acids is 1. The van der Waals surface area contributed by atoms with Crippen molar-refractivity contribution in [2.45, 2.75) is 46.5 Å². The monoisotopic (exact) mass is 519 g/mol. The molecule has 1 amide bonds. The number of nitro benzene ring substituents is 1. The number of non-ortho nitro benzene ring substituents is 1. The van der Waals surface area contributed by atoms with Crippen molar-refractivity contribution in [2.24, 2.45) is 4.99 Å². The number of nitro groups is 1. The number of hydrogen-bond acceptors (Lipinski definition) is 4. The molecule has 0 atom stereocenters. The van der Waals surface area contributed by atoms with E-state index in [1.54, 1.807) is 24.3 Å². The molecule has 0 saturated carbocycles. The Kier molecular flexibility index (Phi) is 14.9. The largest absolute Gasteiger partial charge is 0.357 e. The normalized spacial score (nSPS) is 10.8. The molecule has 0 unspecified atom stereocenters. The van der Waals surface area contributed by atoms with E-state index >= 15 is 0 Å². The minimum absolute atomic E-state index is 0. The molecule has 0 saturated heterocycles. The summed E-state index contributed by atoms with van der Waals surface area (Å²) in [7, 11) is 0. The third-order valence-corrected chi connectivity index (χ3v) is 4.38. The predicted octanol–water partition coefficient (Wildman–Crippen LogP) is 3.35. The van der Waals surface area contributed by atoms with Gasteiger partial charge in [0.1, 0.15) is 0 Å². The standard InChI is InChI=1S/C20H33N5O3.HI/c1-4-21-20(23-16-14-19(26)24(5-2)6-3)22-15-8-7-9-17-10-12-18(13-11-17)25(27)28;/h10-13H,4-9,14-16H2,1-3H3,(H2,21,22,23);1H. The summed E-state index contributed by atoms with van der Waals surface area (Å²) in [6, 6.07) is 6.69. The fourth-order valence-corrected chi connectivity index (χ4v) is 2.78. The summed E-state index contributed by atoms with van der Waals surface area (Å²) in [4.78, 5) is 28.7. The lowest BCUT2D eigenvalue weighted by molar-refractivity contribution is -0.384. The van der Waals surface area contributed by atoms with Gasteiger partial charge in [-0.3, -0.25) is 19.9 Å². The van der Waals surface area contributed by atoms with E-state index in [1.165, 1.54) is 0 Å². The summed E-state index contributed by atoms with van der Waals surface area (Å²) in [6.07, 6.45) is 3.20. The third kappa shape index (κ3) is 11.0. The van der Waals surface area contributed by atoms with Crippen molar-refractivity contribution in [3.63, 3.8) is 0 Å². The summed E-state index contributed by atoms with van der Waals surface area (Å²) < 4.78 is 0. The predicted molar refractivity (Wildman–Crippen MR) is 128 cm³/mol. The number of aliphatic imine (C=N–C) groups is 1. The van der Waals surface area contributed by atoms with Crippen molar-refractivity contribution in [1.82, 2.24) is 15.5 Å². The highest BCUT2D eigenvalue weighted by atomic mass is 127. The molecule has 29 heavy (non-hydrogen) atoms. The van der Waals surface area contributed by atoms with Crippen LogP contribution in [-0.2, 0) is 11.2 Å². The number of hydrogen-bond donors (Lipinski definition) is 2. The Morgan fingerprint density at radius 1 is 1.10 bits per heavy atom. The van der Waals surface area contributed by atoms with E-state index in [0.717, 1.165) is 50.4 Å². The van der Waals surface area contributed by atoms with Crippen LogP contribution in [0.3, 0.4) is 0 Å². The molecule has 0 aliphatic carbocycles. The maximum Gasteiger partial charge on any atom is 0.269 e. The smallest absolute Gasteiger partial charge is 0.269 e. The van der Waals surface area contributed by atoms with E-state index < -0.39 is 0 Å². The molecule has 0 fully saturated rings. The van der Waals surface area contributed by atoms with Crippen LogP contribution in [0.2, 0.25) is 0 Å². The van der Waals surface area contributed by atoms with Crippen LogP contribution in [0.4, 0.5) is 5.69 Å². The van der Waals surface area contributed by atoms with Crippen molar-refractivity contribution in [1.29, 1.82) is 0 Å². The molecule has 1 rings (SSSR count). The zero-order chi connectivity index (χ0) is 20.8. The number of aryl methyl sites for hydroxylation is 1. The van der Waals surface area contributed by atoms with Crippen molar-refractivity contribution < 1.29 is 9.72 Å². The Morgan fingerprint density at radius 3 is 2.31 bits per heavy atom. The van der Waals surface area contributed by atoms with E-state index in [0.29, 0.717) is 19.5 Å². The number of benzene rings is 1. The Hall–Kier alpha value is -1.91. The van der Waals surface area contributed by atoms with E-state index in [-0.39, 0.29) is 40.5 Å². The van der Waals surface area contributed by atoms with Gasteiger partial charge in [0.2, 0.25) is 5.91 Å². The highest BCUT2D eigenvalue weighted by Crippen LogP contribution is 2.13. The van der Waals surface area contributed by atoms with Gasteiger partial charge in [-0.05, 0) is 45.6 Å². The molecule has 0 heterocycles. The van der Waals surface area contributed by atoms with Crippen LogP contribution in [0.15, 0.2) is 29.3 Å². The average Bonchev–Trinajstić information content (AvgIpc) is 2.69. The molecule has 0 spiro atoms. The minimum Gasteiger partial charge on any atom is -0.357 e. The van der Waals surface area contributed by atoms with Gasteiger partial charge in [-0.1, -0.05) is 12.1 Å². The van der Waals surface area contributed by atoms with Crippen molar-refractivity contribution in [2.75, 3.05) is 32.7 Å². The van der Waals surface area contributed by atoms with Gasteiger partial charge in [0.05, 0.1) is 4.92 Å². The van der Waals surface area contributed by atoms with Gasteiger partial charge in [0.15, 0.2) is 5.96 Å². The number of rotatable bonds is 12. The first-order valence-corrected chi connectivity index (χ1v) is 10.0. The molecular weight excluding hydrogens is 485 g/mol. The molecule has 8 nitrogen and oxygen atoms in total. The topological polar surface area (TPSA) is 99.9 Å². The molecule has 9 heteroatoms. The number of guanidine groups is 1. The fourth-order valence-electron chi connectivity index (χ4n) is 2.78. The Bertz CT molecular complexity index is 634. The fraction of sp³-hybridized carbons (Fsp3) is 0.600. The summed E-state index contributed by atoms with van der Waals surface area (Å²) in [5.74, 6) is 0.877. The maximum absolute atomic E-state index is 12.0. The highest BCUT2D eigenvalue weighted by molar-refractivity contribution is 14.0. The van der Waals surface area contributed by atoms with Crippen LogP contribution in [-0.4, -0.2) is 54.4 Å². The average molecular weight is 519 g/mol. The zero-order valence-corrected chi connectivity index (χ0v) is 20.0. The molecule has 1 aromatic carbocycles. The third-order valence-electron chi connectivity index (χ3n) is 4.38. The van der Waals surface area contributed by atoms with Crippen LogP contribution >= 0.6 is 24.0 Å². The molecule has 0 radical (unpaired) electrons. The second-order valence-electron chi connectivity index (χ2n) is 6.38. The number of nitrogens with one attached hydrogen (secondary N) is 2. The number of unbranched alkanes of at least 4 members (excludes halogenated alkanes) is 1. The molecule has 0 aliphatic rings. The first kappa shape index (κ1) is 27.1. The Balaban J connectivity index is 0.00000784. The minimum atomic E-state index is -0.386. The van der Waals surface area contributed by atoms with Crippen LogP contribution in [0, 0.1) is 10.1 Å². The number of carbonyl (C=O) groups is 1. The van der Waals surface area contributed by atoms with E-state index in [4.69, 9.17) is 0 Å². The van der Waals surface area contributed by atoms with E-state index in [1.807, 2.05) is 25.7 Å². The van der Waals surface area contributed by atoms with Crippen LogP contribution < -0.4 is 10.6 Å². The molecule has 0 aromatic heterocycles. The molecular formula is C20H34IN5O3.